The van der Waals surface area contributed by atoms with E-state index >= 15 is 0 Å². The number of aliphatic hydroxyl groups excluding tert-OH is 1. The number of benzene rings is 1. The van der Waals surface area contributed by atoms with E-state index in [1.165, 1.54) is 14.0 Å². The number of unbranched alkanes of at least 4 members (excludes halogenated alkanes) is 1. The van der Waals surface area contributed by atoms with Gasteiger partial charge in [-0.05, 0) is 85.5 Å². The third kappa shape index (κ3) is 9.75. The fourth-order valence-electron chi connectivity index (χ4n) is 9.77. The summed E-state index contributed by atoms with van der Waals surface area (Å²) in [6.45, 7) is 17.6. The number of nitrogen functional groups attached to an aromatic ring is 1. The van der Waals surface area contributed by atoms with Crippen LogP contribution in [-0.2, 0) is 44.6 Å². The van der Waals surface area contributed by atoms with E-state index in [9.17, 15) is 24.3 Å². The molecule has 2 aromatic rings. The summed E-state index contributed by atoms with van der Waals surface area (Å²) in [7, 11) is 3.43. The Hall–Kier alpha value is -3.89. The second-order valence-electron chi connectivity index (χ2n) is 17.8. The average molecular weight is 840 g/mol. The number of fused-ring (bicyclic) bond motifs is 1. The SMILES string of the molecule is CC[C@H]1OC(=O)[C@H](C)C(=O)[C@H](C)[C@@H](O[C@@H]2O[C@H](C)C[C@H](N(C)CC)[C@H]2O)[C@](C)(OC)C[C@@H](C)C(=O)[C@H](C)[C@@H]2N(CCCCn3cnc(-c4cccc(N)c4)c3)C(=O)O[C@@]21C. The van der Waals surface area contributed by atoms with Gasteiger partial charge in [0.05, 0.1) is 35.9 Å². The maximum absolute atomic E-state index is 14.8. The van der Waals surface area contributed by atoms with Gasteiger partial charge in [-0.1, -0.05) is 46.8 Å². The number of hydrogen-bond donors (Lipinski definition) is 2. The molecule has 3 N–H and O–H groups in total. The average Bonchev–Trinajstić information content (AvgIpc) is 3.80. The van der Waals surface area contributed by atoms with E-state index in [0.717, 1.165) is 11.3 Å². The standard InChI is InChI=1S/C45H69N5O10/c1-12-35-45(9)39(50(43(55)60-45)20-15-14-19-49-24-33(47-25-49)31-17-16-18-32(46)22-31)28(5)36(51)26(3)23-44(8,56-11)40(29(6)37(52)30(7)41(54)58-35)59-42-38(53)34(48(10)13-2)21-27(4)57-42/h16-18,22,24-30,34-35,38-40,42,53H,12-15,19-21,23,46H2,1-11H3/t26-,27-,28+,29+,30-,34+,35-,38-,39+,40-,42+,44-,45-/m1/s1. The number of Topliss-reactive ketones (excluding diaryl/α,β-unsaturated/α-hetero) is 2. The molecule has 0 aliphatic carbocycles. The van der Waals surface area contributed by atoms with Crippen molar-refractivity contribution in [1.82, 2.24) is 19.4 Å². The molecule has 0 radical (unpaired) electrons. The van der Waals surface area contributed by atoms with Crippen molar-refractivity contribution in [1.29, 1.82) is 0 Å². The van der Waals surface area contributed by atoms with Gasteiger partial charge in [0, 0.05) is 61.4 Å². The minimum absolute atomic E-state index is 0.127. The van der Waals surface area contributed by atoms with E-state index in [2.05, 4.69) is 4.98 Å². The van der Waals surface area contributed by atoms with Crippen molar-refractivity contribution in [2.24, 2.45) is 23.7 Å². The van der Waals surface area contributed by atoms with Gasteiger partial charge in [0.1, 0.15) is 23.9 Å². The molecule has 1 amide bonds. The predicted octanol–water partition coefficient (Wildman–Crippen LogP) is 5.51. The fraction of sp³-hybridized carbons (Fsp3) is 0.711. The smallest absolute Gasteiger partial charge is 0.410 e. The quantitative estimate of drug-likeness (QED) is 0.118. The molecule has 1 aromatic heterocycles. The molecule has 0 unspecified atom stereocenters. The number of nitrogens with zero attached hydrogens (tertiary/aromatic N) is 4. The second kappa shape index (κ2) is 19.4. The number of rotatable bonds is 12. The van der Waals surface area contributed by atoms with Crippen LogP contribution in [0.2, 0.25) is 0 Å². The van der Waals surface area contributed by atoms with Crippen LogP contribution in [0.5, 0.6) is 0 Å². The van der Waals surface area contributed by atoms with Gasteiger partial charge in [0.25, 0.3) is 0 Å². The zero-order valence-electron chi connectivity index (χ0n) is 37.5. The van der Waals surface area contributed by atoms with Crippen LogP contribution < -0.4 is 5.73 Å². The van der Waals surface area contributed by atoms with Crippen LogP contribution in [0.25, 0.3) is 11.3 Å². The number of aryl methyl sites for hydroxylation is 1. The number of carbonyl (C=O) groups is 4. The Morgan fingerprint density at radius 1 is 1.02 bits per heavy atom. The highest BCUT2D eigenvalue weighted by atomic mass is 16.7. The number of anilines is 1. The molecule has 1 aromatic carbocycles. The highest BCUT2D eigenvalue weighted by molar-refractivity contribution is 6.00. The normalized spacial score (nSPS) is 35.9. The summed E-state index contributed by atoms with van der Waals surface area (Å²) < 4.78 is 33.4. The van der Waals surface area contributed by atoms with Crippen LogP contribution in [0.1, 0.15) is 94.4 Å². The van der Waals surface area contributed by atoms with Gasteiger partial charge in [0.2, 0.25) is 0 Å². The highest BCUT2D eigenvalue weighted by Crippen LogP contribution is 2.43. The van der Waals surface area contributed by atoms with Gasteiger partial charge in [-0.2, -0.15) is 0 Å². The Balaban J connectivity index is 1.43. The Labute approximate surface area is 355 Å². The molecule has 3 fully saturated rings. The zero-order valence-corrected chi connectivity index (χ0v) is 37.5. The van der Waals surface area contributed by atoms with Gasteiger partial charge < -0.3 is 48.9 Å². The fourth-order valence-corrected chi connectivity index (χ4v) is 9.77. The molecule has 13 atom stereocenters. The minimum atomic E-state index is -1.41. The molecule has 60 heavy (non-hydrogen) atoms. The molecular formula is C45H69N5O10. The van der Waals surface area contributed by atoms with Gasteiger partial charge >= 0.3 is 12.1 Å². The third-order valence-corrected chi connectivity index (χ3v) is 13.4. The van der Waals surface area contributed by atoms with Crippen LogP contribution in [0.4, 0.5) is 10.5 Å². The molecule has 3 saturated heterocycles. The number of ketones is 2. The van der Waals surface area contributed by atoms with Gasteiger partial charge in [-0.3, -0.25) is 14.4 Å². The predicted molar refractivity (Wildman–Crippen MR) is 225 cm³/mol. The van der Waals surface area contributed by atoms with E-state index in [-0.39, 0.29) is 30.8 Å². The van der Waals surface area contributed by atoms with Crippen molar-refractivity contribution >= 4 is 29.3 Å². The van der Waals surface area contributed by atoms with Crippen molar-refractivity contribution in [3.63, 3.8) is 0 Å². The first-order chi connectivity index (χ1) is 28.3. The number of hydrogen-bond acceptors (Lipinski definition) is 13. The Kier molecular flexibility index (Phi) is 15.3. The number of amides is 1. The summed E-state index contributed by atoms with van der Waals surface area (Å²) in [6.07, 6.45) is 0.946. The lowest BCUT2D eigenvalue weighted by Gasteiger charge is -2.47. The first kappa shape index (κ1) is 47.2. The van der Waals surface area contributed by atoms with Crippen LogP contribution in [0.3, 0.4) is 0 Å². The molecule has 15 nitrogen and oxygen atoms in total. The van der Waals surface area contributed by atoms with E-state index in [4.69, 9.17) is 29.4 Å². The number of aliphatic hydroxyl groups is 1. The summed E-state index contributed by atoms with van der Waals surface area (Å²) in [5.74, 6) is -4.97. The number of ether oxygens (including phenoxy) is 5. The number of methoxy groups -OCH3 is 1. The third-order valence-electron chi connectivity index (χ3n) is 13.4. The Morgan fingerprint density at radius 3 is 2.37 bits per heavy atom. The van der Waals surface area contributed by atoms with Crippen LogP contribution >= 0.6 is 0 Å². The summed E-state index contributed by atoms with van der Waals surface area (Å²) in [5.41, 5.74) is 5.68. The van der Waals surface area contributed by atoms with Gasteiger partial charge in [0.15, 0.2) is 17.7 Å². The lowest BCUT2D eigenvalue weighted by Crippen LogP contribution is -2.60. The molecular weight excluding hydrogens is 771 g/mol. The van der Waals surface area contributed by atoms with Crippen molar-refractivity contribution < 1.29 is 48.0 Å². The lowest BCUT2D eigenvalue weighted by atomic mass is 9.73. The second-order valence-corrected chi connectivity index (χ2v) is 17.8. The molecule has 0 bridgehead atoms. The summed E-state index contributed by atoms with van der Waals surface area (Å²) in [4.78, 5) is 65.2. The minimum Gasteiger partial charge on any atom is -0.458 e. The Bertz CT molecular complexity index is 1820. The lowest BCUT2D eigenvalue weighted by molar-refractivity contribution is -0.296. The van der Waals surface area contributed by atoms with Crippen molar-refractivity contribution in [2.75, 3.05) is 33.0 Å². The largest absolute Gasteiger partial charge is 0.458 e. The maximum Gasteiger partial charge on any atom is 0.410 e. The molecule has 15 heteroatoms. The topological polar surface area (TPSA) is 185 Å². The summed E-state index contributed by atoms with van der Waals surface area (Å²) in [5, 5.41) is 11.6. The Morgan fingerprint density at radius 2 is 1.72 bits per heavy atom. The van der Waals surface area contributed by atoms with E-state index in [1.807, 2.05) is 74.7 Å². The number of likely N-dealkylation sites (N-methyl/N-ethyl adjacent to an activating group) is 1. The summed E-state index contributed by atoms with van der Waals surface area (Å²) >= 11 is 0. The molecule has 3 aliphatic rings. The number of nitrogens with two attached hydrogens (primary N) is 1. The molecule has 5 rings (SSSR count). The van der Waals surface area contributed by atoms with Crippen molar-refractivity contribution in [3.05, 3.63) is 36.8 Å². The van der Waals surface area contributed by atoms with Crippen molar-refractivity contribution in [2.45, 2.75) is 155 Å². The molecule has 4 heterocycles. The first-order valence-corrected chi connectivity index (χ1v) is 21.7. The van der Waals surface area contributed by atoms with Gasteiger partial charge in [-0.15, -0.1) is 0 Å². The van der Waals surface area contributed by atoms with E-state index in [1.54, 1.807) is 38.9 Å². The molecule has 3 aliphatic heterocycles. The van der Waals surface area contributed by atoms with Crippen LogP contribution in [0.15, 0.2) is 36.8 Å². The van der Waals surface area contributed by atoms with Crippen molar-refractivity contribution in [3.8, 4) is 11.3 Å². The monoisotopic (exact) mass is 840 g/mol. The molecule has 334 valence electrons. The number of carbonyl (C=O) groups excluding carboxylic acids is 4. The van der Waals surface area contributed by atoms with Crippen LogP contribution in [-0.4, -0.2) is 129 Å². The van der Waals surface area contributed by atoms with E-state index < -0.39 is 83.4 Å². The number of esters is 1. The number of imidazole rings is 1. The maximum atomic E-state index is 14.8. The number of aromatic nitrogens is 2. The molecule has 0 spiro atoms. The zero-order chi connectivity index (χ0) is 44.3. The van der Waals surface area contributed by atoms with Crippen LogP contribution in [0, 0.1) is 23.7 Å². The van der Waals surface area contributed by atoms with Gasteiger partial charge in [-0.25, -0.2) is 9.78 Å². The number of cyclic esters (lactones) is 1. The highest BCUT2D eigenvalue weighted by Gasteiger charge is 2.60. The van der Waals surface area contributed by atoms with E-state index in [0.29, 0.717) is 44.6 Å². The molecule has 0 saturated carbocycles. The summed E-state index contributed by atoms with van der Waals surface area (Å²) in [6, 6.07) is 6.48. The first-order valence-electron chi connectivity index (χ1n) is 21.7.